The molecule has 0 atom stereocenters. The summed E-state index contributed by atoms with van der Waals surface area (Å²) >= 11 is 2.61. The number of carbonyl (C=O) groups is 1. The van der Waals surface area contributed by atoms with Gasteiger partial charge in [-0.1, -0.05) is 0 Å². The largest absolute Gasteiger partial charge is 0.476 e. The summed E-state index contributed by atoms with van der Waals surface area (Å²) in [6.07, 6.45) is 1.82. The molecule has 16 heavy (non-hydrogen) atoms. The van der Waals surface area contributed by atoms with E-state index < -0.39 is 0 Å². The van der Waals surface area contributed by atoms with Crippen LogP contribution < -0.4 is 4.74 Å². The monoisotopic (exact) mass is 252 g/mol. The van der Waals surface area contributed by atoms with Gasteiger partial charge >= 0.3 is 0 Å². The van der Waals surface area contributed by atoms with Gasteiger partial charge < -0.3 is 4.74 Å². The first-order valence-electron chi connectivity index (χ1n) is 4.27. The van der Waals surface area contributed by atoms with Crippen LogP contribution in [0, 0.1) is 22.7 Å². The van der Waals surface area contributed by atoms with Gasteiger partial charge in [0.25, 0.3) is 0 Å². The van der Waals surface area contributed by atoms with Crippen LogP contribution in [-0.4, -0.2) is 18.6 Å². The number of ketones is 1. The van der Waals surface area contributed by atoms with Gasteiger partial charge in [-0.15, -0.1) is 23.1 Å². The smallest absolute Gasteiger partial charge is 0.174 e. The molecule has 0 bridgehead atoms. The highest BCUT2D eigenvalue weighted by Gasteiger charge is 2.21. The molecule has 1 rings (SSSR count). The number of ether oxygens (including phenoxy) is 1. The van der Waals surface area contributed by atoms with Crippen molar-refractivity contribution < 1.29 is 9.53 Å². The fraction of sp³-hybridized carbons (Fsp3) is 0.300. The number of carbonyl (C=O) groups excluding carboxylic acids is 1. The zero-order valence-corrected chi connectivity index (χ0v) is 10.4. The number of hydrogen-bond acceptors (Lipinski definition) is 6. The summed E-state index contributed by atoms with van der Waals surface area (Å²) in [4.78, 5) is 11.8. The van der Waals surface area contributed by atoms with Gasteiger partial charge in [0.15, 0.2) is 18.1 Å². The Bertz CT molecular complexity index is 494. The van der Waals surface area contributed by atoms with E-state index in [0.29, 0.717) is 10.4 Å². The van der Waals surface area contributed by atoms with E-state index in [1.807, 2.05) is 18.4 Å². The third-order valence-electron chi connectivity index (χ3n) is 1.73. The molecular weight excluding hydrogens is 244 g/mol. The molecule has 0 N–H and O–H groups in total. The molecule has 0 radical (unpaired) electrons. The Hall–Kier alpha value is -1.50. The van der Waals surface area contributed by atoms with Crippen LogP contribution in [0.2, 0.25) is 0 Å². The molecule has 0 aromatic carbocycles. The molecule has 0 unspecified atom stereocenters. The summed E-state index contributed by atoms with van der Waals surface area (Å²) in [7, 11) is 0. The van der Waals surface area contributed by atoms with E-state index in [0.717, 1.165) is 4.21 Å². The average Bonchev–Trinajstić information content (AvgIpc) is 2.63. The number of thiophene rings is 1. The molecule has 1 aromatic rings. The first-order chi connectivity index (χ1) is 7.65. The SMILES string of the molecule is CSc1sc(C(C)=O)c(OCC#N)c1C#N. The van der Waals surface area contributed by atoms with Gasteiger partial charge in [-0.25, -0.2) is 0 Å². The summed E-state index contributed by atoms with van der Waals surface area (Å²) in [6, 6.07) is 3.82. The highest BCUT2D eigenvalue weighted by atomic mass is 32.2. The summed E-state index contributed by atoms with van der Waals surface area (Å²) < 4.78 is 5.88. The van der Waals surface area contributed by atoms with Crippen molar-refractivity contribution in [3.05, 3.63) is 10.4 Å². The zero-order chi connectivity index (χ0) is 12.1. The normalized spacial score (nSPS) is 9.25. The second-order valence-electron chi connectivity index (χ2n) is 2.74. The van der Waals surface area contributed by atoms with Crippen LogP contribution in [0.3, 0.4) is 0 Å². The number of nitriles is 2. The highest BCUT2D eigenvalue weighted by Crippen LogP contribution is 2.40. The predicted molar refractivity (Wildman–Crippen MR) is 61.9 cm³/mol. The summed E-state index contributed by atoms with van der Waals surface area (Å²) in [5.41, 5.74) is 0.345. The van der Waals surface area contributed by atoms with Crippen LogP contribution in [0.1, 0.15) is 22.2 Å². The lowest BCUT2D eigenvalue weighted by Gasteiger charge is -2.01. The van der Waals surface area contributed by atoms with Crippen molar-refractivity contribution in [1.82, 2.24) is 0 Å². The lowest BCUT2D eigenvalue weighted by Crippen LogP contribution is -1.99. The van der Waals surface area contributed by atoms with Crippen molar-refractivity contribution in [2.45, 2.75) is 11.1 Å². The molecule has 0 saturated heterocycles. The first-order valence-corrected chi connectivity index (χ1v) is 6.31. The van der Waals surface area contributed by atoms with Crippen LogP contribution >= 0.6 is 23.1 Å². The number of rotatable bonds is 4. The maximum Gasteiger partial charge on any atom is 0.174 e. The molecule has 82 valence electrons. The number of nitrogens with zero attached hydrogens (tertiary/aromatic N) is 2. The molecule has 0 aliphatic carbocycles. The fourth-order valence-corrected chi connectivity index (χ4v) is 2.86. The highest BCUT2D eigenvalue weighted by molar-refractivity contribution is 8.00. The lowest BCUT2D eigenvalue weighted by molar-refractivity contribution is 0.101. The van der Waals surface area contributed by atoms with Gasteiger partial charge in [0, 0.05) is 6.92 Å². The number of hydrogen-bond donors (Lipinski definition) is 0. The van der Waals surface area contributed by atoms with E-state index in [4.69, 9.17) is 15.3 Å². The van der Waals surface area contributed by atoms with Gasteiger partial charge in [0.05, 0.1) is 4.21 Å². The average molecular weight is 252 g/mol. The predicted octanol–water partition coefficient (Wildman–Crippen LogP) is 2.45. The van der Waals surface area contributed by atoms with Gasteiger partial charge in [0.2, 0.25) is 0 Å². The van der Waals surface area contributed by atoms with E-state index in [9.17, 15) is 4.79 Å². The molecule has 0 saturated carbocycles. The van der Waals surface area contributed by atoms with E-state index >= 15 is 0 Å². The third-order valence-corrected chi connectivity index (χ3v) is 4.12. The van der Waals surface area contributed by atoms with E-state index in [1.54, 1.807) is 0 Å². The third kappa shape index (κ3) is 2.35. The number of Topliss-reactive ketones (excluding diaryl/α,β-unsaturated/α-hetero) is 1. The Morgan fingerprint density at radius 1 is 1.56 bits per heavy atom. The van der Waals surface area contributed by atoms with Crippen LogP contribution in [0.4, 0.5) is 0 Å². The Kier molecular flexibility index (Phi) is 4.36. The van der Waals surface area contributed by atoms with E-state index in [1.165, 1.54) is 30.0 Å². The minimum absolute atomic E-state index is 0.158. The first kappa shape index (κ1) is 12.6. The van der Waals surface area contributed by atoms with Crippen LogP contribution in [0.15, 0.2) is 4.21 Å². The van der Waals surface area contributed by atoms with Crippen molar-refractivity contribution in [1.29, 1.82) is 10.5 Å². The lowest BCUT2D eigenvalue weighted by atomic mass is 10.2. The molecule has 0 aliphatic heterocycles. The second-order valence-corrected chi connectivity index (χ2v) is 4.84. The molecule has 0 spiro atoms. The zero-order valence-electron chi connectivity index (χ0n) is 8.73. The molecule has 4 nitrogen and oxygen atoms in total. The molecule has 0 aliphatic rings. The van der Waals surface area contributed by atoms with E-state index in [2.05, 4.69) is 0 Å². The van der Waals surface area contributed by atoms with Gasteiger partial charge in [-0.05, 0) is 6.26 Å². The Morgan fingerprint density at radius 2 is 2.25 bits per heavy atom. The topological polar surface area (TPSA) is 73.9 Å². The Morgan fingerprint density at radius 3 is 2.69 bits per heavy atom. The number of thioether (sulfide) groups is 1. The molecule has 6 heteroatoms. The van der Waals surface area contributed by atoms with Gasteiger partial charge in [-0.2, -0.15) is 10.5 Å². The van der Waals surface area contributed by atoms with Crippen molar-refractivity contribution >= 4 is 28.9 Å². The van der Waals surface area contributed by atoms with Crippen molar-refractivity contribution in [3.8, 4) is 17.9 Å². The van der Waals surface area contributed by atoms with Crippen LogP contribution in [0.5, 0.6) is 5.75 Å². The van der Waals surface area contributed by atoms with E-state index in [-0.39, 0.29) is 18.1 Å². The van der Waals surface area contributed by atoms with Crippen LogP contribution in [0.25, 0.3) is 0 Å². The summed E-state index contributed by atoms with van der Waals surface area (Å²) in [6.45, 7) is 1.25. The van der Waals surface area contributed by atoms with Crippen LogP contribution in [-0.2, 0) is 0 Å². The van der Waals surface area contributed by atoms with Crippen molar-refractivity contribution in [3.63, 3.8) is 0 Å². The van der Waals surface area contributed by atoms with Crippen molar-refractivity contribution in [2.75, 3.05) is 12.9 Å². The molecule has 1 heterocycles. The standard InChI is InChI=1S/C10H8N2O2S2/c1-6(13)9-8(14-4-3-11)7(5-12)10(15-2)16-9/h4H2,1-2H3. The Labute approximate surface area is 101 Å². The maximum atomic E-state index is 11.4. The van der Waals surface area contributed by atoms with Crippen molar-refractivity contribution in [2.24, 2.45) is 0 Å². The minimum atomic E-state index is -0.167. The quantitative estimate of drug-likeness (QED) is 0.607. The molecule has 1 aromatic heterocycles. The second kappa shape index (κ2) is 5.55. The Balaban J connectivity index is 3.29. The molecule has 0 fully saturated rings. The van der Waals surface area contributed by atoms with Gasteiger partial charge in [0.1, 0.15) is 22.6 Å². The minimum Gasteiger partial charge on any atom is -0.476 e. The maximum absolute atomic E-state index is 11.4. The molecule has 0 amide bonds. The fourth-order valence-electron chi connectivity index (χ4n) is 1.11. The molecular formula is C10H8N2O2S2. The summed E-state index contributed by atoms with van der Waals surface area (Å²) in [5, 5.41) is 17.4. The van der Waals surface area contributed by atoms with Gasteiger partial charge in [-0.3, -0.25) is 4.79 Å². The summed E-state index contributed by atoms with van der Waals surface area (Å²) in [5.74, 6) is 0.0839.